The monoisotopic (exact) mass is 354 g/mol. The number of piperidine rings is 1. The number of amides is 1. The predicted molar refractivity (Wildman–Crippen MR) is 98.6 cm³/mol. The van der Waals surface area contributed by atoms with Crippen molar-refractivity contribution >= 4 is 12.1 Å². The summed E-state index contributed by atoms with van der Waals surface area (Å²) in [5.41, 5.74) is 6.27. The van der Waals surface area contributed by atoms with E-state index < -0.39 is 0 Å². The third-order valence-corrected chi connectivity index (χ3v) is 6.01. The van der Waals surface area contributed by atoms with Crippen LogP contribution in [0.5, 0.6) is 0 Å². The second-order valence-corrected chi connectivity index (χ2v) is 7.04. The fourth-order valence-corrected chi connectivity index (χ4v) is 4.25. The zero-order valence-corrected chi connectivity index (χ0v) is 16.1. The van der Waals surface area contributed by atoms with Crippen molar-refractivity contribution in [2.75, 3.05) is 26.8 Å². The molecule has 1 saturated carbocycles. The lowest BCUT2D eigenvalue weighted by Gasteiger charge is -2.53. The number of nitrogens with two attached hydrogens (primary N) is 1. The maximum absolute atomic E-state index is 11.7. The van der Waals surface area contributed by atoms with Gasteiger partial charge in [0.25, 0.3) is 0 Å². The molecule has 2 rings (SSSR count). The molecular weight excluding hydrogens is 320 g/mol. The fraction of sp³-hybridized carbons (Fsp3) is 0.889. The second kappa shape index (κ2) is 8.74. The van der Waals surface area contributed by atoms with Gasteiger partial charge in [-0.25, -0.2) is 9.79 Å². The third kappa shape index (κ3) is 4.19. The minimum Gasteiger partial charge on any atom is -0.450 e. The normalized spacial score (nSPS) is 26.9. The van der Waals surface area contributed by atoms with Crippen LogP contribution in [0.4, 0.5) is 4.79 Å². The van der Waals surface area contributed by atoms with Gasteiger partial charge in [-0.2, -0.15) is 0 Å². The van der Waals surface area contributed by atoms with Gasteiger partial charge < -0.3 is 25.4 Å². The number of methoxy groups -OCH3 is 1. The number of aliphatic imine (C=N–C) groups is 1. The number of carbonyl (C=O) groups excluding carboxylic acids is 1. The first-order chi connectivity index (χ1) is 12.0. The smallest absolute Gasteiger partial charge is 0.409 e. The van der Waals surface area contributed by atoms with E-state index in [9.17, 15) is 4.79 Å². The summed E-state index contributed by atoms with van der Waals surface area (Å²) in [4.78, 5) is 18.2. The summed E-state index contributed by atoms with van der Waals surface area (Å²) in [7, 11) is 1.78. The van der Waals surface area contributed by atoms with Gasteiger partial charge in [-0.1, -0.05) is 13.8 Å². The number of likely N-dealkylation sites (tertiary alicyclic amines) is 1. The van der Waals surface area contributed by atoms with E-state index in [2.05, 4.69) is 19.2 Å². The van der Waals surface area contributed by atoms with E-state index in [1.807, 2.05) is 6.92 Å². The number of rotatable bonds is 6. The fourth-order valence-electron chi connectivity index (χ4n) is 4.25. The molecule has 2 unspecified atom stereocenters. The van der Waals surface area contributed by atoms with Crippen molar-refractivity contribution in [2.24, 2.45) is 16.1 Å². The second-order valence-electron chi connectivity index (χ2n) is 7.04. The molecule has 7 heteroatoms. The molecule has 0 spiro atoms. The van der Waals surface area contributed by atoms with Crippen LogP contribution in [0.1, 0.15) is 52.9 Å². The minimum absolute atomic E-state index is 0.105. The standard InChI is InChI=1S/C18H34N4O3/c1-5-18(6-2)14(12-15(18)24-4)21-16(19)20-13-8-10-22(11-9-13)17(23)25-7-3/h13-15H,5-12H2,1-4H3,(H3,19,20,21). The average molecular weight is 354 g/mol. The van der Waals surface area contributed by atoms with Crippen molar-refractivity contribution in [3.8, 4) is 0 Å². The molecule has 1 aliphatic carbocycles. The lowest BCUT2D eigenvalue weighted by molar-refractivity contribution is -0.111. The van der Waals surface area contributed by atoms with E-state index in [-0.39, 0.29) is 29.7 Å². The maximum Gasteiger partial charge on any atom is 0.409 e. The topological polar surface area (TPSA) is 89.2 Å². The maximum atomic E-state index is 11.7. The number of nitrogens with one attached hydrogen (secondary N) is 1. The molecule has 0 aromatic carbocycles. The van der Waals surface area contributed by atoms with Gasteiger partial charge in [0.2, 0.25) is 0 Å². The summed E-state index contributed by atoms with van der Waals surface area (Å²) in [5, 5.41) is 3.34. The van der Waals surface area contributed by atoms with Gasteiger partial charge in [0.1, 0.15) is 0 Å². The molecule has 1 heterocycles. The van der Waals surface area contributed by atoms with Crippen molar-refractivity contribution in [1.29, 1.82) is 0 Å². The van der Waals surface area contributed by atoms with E-state index in [1.54, 1.807) is 12.0 Å². The van der Waals surface area contributed by atoms with E-state index in [4.69, 9.17) is 20.2 Å². The lowest BCUT2D eigenvalue weighted by Crippen LogP contribution is -2.58. The number of hydrogen-bond donors (Lipinski definition) is 2. The van der Waals surface area contributed by atoms with Gasteiger partial charge in [0.05, 0.1) is 18.8 Å². The zero-order chi connectivity index (χ0) is 18.4. The predicted octanol–water partition coefficient (Wildman–Crippen LogP) is 2.11. The van der Waals surface area contributed by atoms with Crippen molar-refractivity contribution in [2.45, 2.75) is 71.1 Å². The van der Waals surface area contributed by atoms with Crippen LogP contribution in [0.15, 0.2) is 4.99 Å². The Balaban J connectivity index is 1.85. The molecule has 7 nitrogen and oxygen atoms in total. The summed E-state index contributed by atoms with van der Waals surface area (Å²) in [5.74, 6) is 0.514. The Morgan fingerprint density at radius 2 is 1.92 bits per heavy atom. The van der Waals surface area contributed by atoms with E-state index in [1.165, 1.54) is 0 Å². The van der Waals surface area contributed by atoms with Gasteiger partial charge in [0.15, 0.2) is 5.96 Å². The Bertz CT molecular complexity index is 471. The van der Waals surface area contributed by atoms with Crippen LogP contribution in [-0.2, 0) is 9.47 Å². The van der Waals surface area contributed by atoms with Crippen LogP contribution in [0.2, 0.25) is 0 Å². The molecule has 0 radical (unpaired) electrons. The molecule has 2 atom stereocenters. The summed E-state index contributed by atoms with van der Waals surface area (Å²) in [6, 6.07) is 0.477. The number of nitrogens with zero attached hydrogens (tertiary/aromatic N) is 2. The van der Waals surface area contributed by atoms with Crippen LogP contribution < -0.4 is 11.1 Å². The lowest BCUT2D eigenvalue weighted by atomic mass is 9.59. The molecule has 1 amide bonds. The number of hydrogen-bond acceptors (Lipinski definition) is 4. The zero-order valence-electron chi connectivity index (χ0n) is 16.1. The Hall–Kier alpha value is -1.50. The quantitative estimate of drug-likeness (QED) is 0.563. The van der Waals surface area contributed by atoms with Crippen LogP contribution in [0.25, 0.3) is 0 Å². The van der Waals surface area contributed by atoms with Crippen LogP contribution >= 0.6 is 0 Å². The molecule has 0 bridgehead atoms. The van der Waals surface area contributed by atoms with E-state index in [0.717, 1.165) is 32.1 Å². The van der Waals surface area contributed by atoms with Gasteiger partial charge >= 0.3 is 6.09 Å². The number of carbonyl (C=O) groups is 1. The largest absolute Gasteiger partial charge is 0.450 e. The van der Waals surface area contributed by atoms with Crippen LogP contribution in [-0.4, -0.2) is 61.9 Å². The van der Waals surface area contributed by atoms with Crippen molar-refractivity contribution in [3.63, 3.8) is 0 Å². The van der Waals surface area contributed by atoms with E-state index >= 15 is 0 Å². The highest BCUT2D eigenvalue weighted by Gasteiger charge is 2.53. The summed E-state index contributed by atoms with van der Waals surface area (Å²) < 4.78 is 10.7. The molecule has 0 aromatic rings. The summed E-state index contributed by atoms with van der Waals surface area (Å²) >= 11 is 0. The SMILES string of the molecule is CCOC(=O)N1CCC(NC(N)=NC2CC(OC)C2(CC)CC)CC1. The van der Waals surface area contributed by atoms with Gasteiger partial charge in [-0.15, -0.1) is 0 Å². The first-order valence-corrected chi connectivity index (χ1v) is 9.54. The first kappa shape index (κ1) is 19.8. The number of guanidine groups is 1. The first-order valence-electron chi connectivity index (χ1n) is 9.54. The Morgan fingerprint density at radius 1 is 1.28 bits per heavy atom. The Kier molecular flexibility index (Phi) is 6.93. The van der Waals surface area contributed by atoms with Gasteiger partial charge in [-0.05, 0) is 39.0 Å². The molecule has 0 aromatic heterocycles. The van der Waals surface area contributed by atoms with Crippen molar-refractivity contribution in [1.82, 2.24) is 10.2 Å². The highest BCUT2D eigenvalue weighted by Crippen LogP contribution is 2.50. The Morgan fingerprint density at radius 3 is 2.44 bits per heavy atom. The molecule has 1 aliphatic heterocycles. The molecule has 2 aliphatic rings. The highest BCUT2D eigenvalue weighted by molar-refractivity contribution is 5.78. The van der Waals surface area contributed by atoms with Crippen molar-refractivity contribution < 1.29 is 14.3 Å². The molecular formula is C18H34N4O3. The molecule has 2 fully saturated rings. The summed E-state index contributed by atoms with van der Waals surface area (Å²) in [6.45, 7) is 8.01. The Labute approximate surface area is 151 Å². The van der Waals surface area contributed by atoms with Crippen molar-refractivity contribution in [3.05, 3.63) is 0 Å². The average Bonchev–Trinajstić information content (AvgIpc) is 2.60. The van der Waals surface area contributed by atoms with Crippen LogP contribution in [0.3, 0.4) is 0 Å². The minimum atomic E-state index is -0.224. The van der Waals surface area contributed by atoms with Gasteiger partial charge in [-0.3, -0.25) is 0 Å². The van der Waals surface area contributed by atoms with Gasteiger partial charge in [0, 0.05) is 31.7 Å². The van der Waals surface area contributed by atoms with Crippen LogP contribution in [0, 0.1) is 5.41 Å². The highest BCUT2D eigenvalue weighted by atomic mass is 16.6. The number of ether oxygens (including phenoxy) is 2. The molecule has 144 valence electrons. The third-order valence-electron chi connectivity index (χ3n) is 6.01. The molecule has 25 heavy (non-hydrogen) atoms. The molecule has 1 saturated heterocycles. The van der Waals surface area contributed by atoms with E-state index in [0.29, 0.717) is 25.7 Å². The molecule has 3 N–H and O–H groups in total. The summed E-state index contributed by atoms with van der Waals surface area (Å²) in [6.07, 6.45) is 4.78.